The molecular weight excluding hydrogens is 435 g/mol. The fraction of sp³-hybridized carbons (Fsp3) is 0.321. The van der Waals surface area contributed by atoms with Gasteiger partial charge in [0.1, 0.15) is 12.4 Å². The molecule has 0 aromatic heterocycles. The van der Waals surface area contributed by atoms with Crippen LogP contribution < -0.4 is 49.6 Å². The molecule has 0 radical (unpaired) electrons. The number of hydrogen-bond acceptors (Lipinski definition) is 5. The summed E-state index contributed by atoms with van der Waals surface area (Å²) in [6.45, 7) is 3.35. The predicted octanol–water partition coefficient (Wildman–Crippen LogP) is 0.988. The number of para-hydroxylation sites is 1. The molecular formula is C28H29N2NaO3. The van der Waals surface area contributed by atoms with E-state index in [1.807, 2.05) is 54.6 Å². The van der Waals surface area contributed by atoms with Crippen molar-refractivity contribution in [1.82, 2.24) is 0 Å². The second-order valence-electron chi connectivity index (χ2n) is 8.91. The Bertz CT molecular complexity index is 1100. The van der Waals surface area contributed by atoms with Crippen LogP contribution in [0.2, 0.25) is 0 Å². The molecule has 0 saturated heterocycles. The van der Waals surface area contributed by atoms with E-state index in [1.54, 1.807) is 0 Å². The van der Waals surface area contributed by atoms with E-state index in [-0.39, 0.29) is 41.4 Å². The quantitative estimate of drug-likeness (QED) is 0.479. The summed E-state index contributed by atoms with van der Waals surface area (Å²) in [6.07, 6.45) is 2.93. The van der Waals surface area contributed by atoms with Crippen molar-refractivity contribution in [2.45, 2.75) is 31.7 Å². The van der Waals surface area contributed by atoms with Crippen molar-refractivity contribution < 1.29 is 44.2 Å². The van der Waals surface area contributed by atoms with E-state index in [0.717, 1.165) is 49.5 Å². The Labute approximate surface area is 223 Å². The number of nitrogens with one attached hydrogen (secondary N) is 1. The number of fused-ring (bicyclic) bond motifs is 1. The SMILES string of the molecule is O=C([O-])[C@@H]1C[C@H]1c1ccc(NCc2cccc3c2CCCN3CCOc2ccccc2)cc1.[Na+]. The normalized spacial score (nSPS) is 18.4. The third kappa shape index (κ3) is 5.77. The van der Waals surface area contributed by atoms with Crippen LogP contribution in [0.1, 0.15) is 35.4 Å². The average molecular weight is 465 g/mol. The van der Waals surface area contributed by atoms with E-state index in [9.17, 15) is 9.90 Å². The van der Waals surface area contributed by atoms with Gasteiger partial charge in [0.05, 0.1) is 6.54 Å². The summed E-state index contributed by atoms with van der Waals surface area (Å²) in [6, 6.07) is 24.7. The van der Waals surface area contributed by atoms with E-state index < -0.39 is 5.97 Å². The van der Waals surface area contributed by atoms with Crippen LogP contribution in [0.5, 0.6) is 5.75 Å². The second kappa shape index (κ2) is 11.3. The fourth-order valence-electron chi connectivity index (χ4n) is 4.83. The molecule has 3 aromatic carbocycles. The van der Waals surface area contributed by atoms with Gasteiger partial charge < -0.3 is 24.9 Å². The smallest absolute Gasteiger partial charge is 0.550 e. The molecule has 170 valence electrons. The predicted molar refractivity (Wildman–Crippen MR) is 129 cm³/mol. The minimum atomic E-state index is -0.934. The minimum absolute atomic E-state index is 0. The Morgan fingerprint density at radius 1 is 1.03 bits per heavy atom. The van der Waals surface area contributed by atoms with Gasteiger partial charge in [-0.3, -0.25) is 0 Å². The Morgan fingerprint density at radius 3 is 2.56 bits per heavy atom. The first-order chi connectivity index (χ1) is 16.2. The molecule has 1 saturated carbocycles. The van der Waals surface area contributed by atoms with Gasteiger partial charge in [-0.2, -0.15) is 0 Å². The molecule has 2 aliphatic rings. The molecule has 5 rings (SSSR count). The molecule has 1 heterocycles. The first kappa shape index (κ1) is 24.6. The van der Waals surface area contributed by atoms with Gasteiger partial charge in [-0.05, 0) is 72.2 Å². The molecule has 0 unspecified atom stereocenters. The first-order valence-corrected chi connectivity index (χ1v) is 11.8. The maximum absolute atomic E-state index is 11.0. The molecule has 3 aromatic rings. The Morgan fingerprint density at radius 2 is 1.82 bits per heavy atom. The summed E-state index contributed by atoms with van der Waals surface area (Å²) in [5, 5.41) is 14.5. The van der Waals surface area contributed by atoms with Crippen LogP contribution >= 0.6 is 0 Å². The Kier molecular flexibility index (Phi) is 8.19. The minimum Gasteiger partial charge on any atom is -0.550 e. The maximum Gasteiger partial charge on any atom is 1.00 e. The Hall–Kier alpha value is -2.47. The van der Waals surface area contributed by atoms with Crippen molar-refractivity contribution in [3.05, 3.63) is 89.5 Å². The van der Waals surface area contributed by atoms with Gasteiger partial charge in [-0.25, -0.2) is 0 Å². The largest absolute Gasteiger partial charge is 1.00 e. The molecule has 5 nitrogen and oxygen atoms in total. The zero-order chi connectivity index (χ0) is 22.6. The summed E-state index contributed by atoms with van der Waals surface area (Å²) in [5.41, 5.74) is 6.19. The maximum atomic E-state index is 11.0. The topological polar surface area (TPSA) is 64.6 Å². The van der Waals surface area contributed by atoms with E-state index in [0.29, 0.717) is 13.0 Å². The second-order valence-corrected chi connectivity index (χ2v) is 8.91. The molecule has 6 heteroatoms. The molecule has 34 heavy (non-hydrogen) atoms. The molecule has 0 bridgehead atoms. The van der Waals surface area contributed by atoms with Gasteiger partial charge in [0.25, 0.3) is 0 Å². The van der Waals surface area contributed by atoms with E-state index in [1.165, 1.54) is 16.8 Å². The number of benzene rings is 3. The van der Waals surface area contributed by atoms with Crippen LogP contribution in [0.3, 0.4) is 0 Å². The van der Waals surface area contributed by atoms with Crippen LogP contribution in [0.15, 0.2) is 72.8 Å². The number of carboxylic acids is 1. The van der Waals surface area contributed by atoms with Crippen molar-refractivity contribution in [1.29, 1.82) is 0 Å². The van der Waals surface area contributed by atoms with E-state index >= 15 is 0 Å². The summed E-state index contributed by atoms with van der Waals surface area (Å²) in [5.74, 6) is -0.227. The van der Waals surface area contributed by atoms with Crippen LogP contribution in [0, 0.1) is 5.92 Å². The van der Waals surface area contributed by atoms with Crippen molar-refractivity contribution in [2.24, 2.45) is 5.92 Å². The summed E-state index contributed by atoms with van der Waals surface area (Å²) >= 11 is 0. The molecule has 0 amide bonds. The van der Waals surface area contributed by atoms with Crippen LogP contribution in [-0.4, -0.2) is 25.7 Å². The van der Waals surface area contributed by atoms with Crippen molar-refractivity contribution in [3.8, 4) is 5.75 Å². The average Bonchev–Trinajstić information content (AvgIpc) is 3.65. The first-order valence-electron chi connectivity index (χ1n) is 11.8. The number of carbonyl (C=O) groups is 1. The van der Waals surface area contributed by atoms with E-state index in [2.05, 4.69) is 28.4 Å². The molecule has 2 atom stereocenters. The van der Waals surface area contributed by atoms with Gasteiger partial charge >= 0.3 is 29.6 Å². The summed E-state index contributed by atoms with van der Waals surface area (Å²) in [4.78, 5) is 13.4. The van der Waals surface area contributed by atoms with Crippen molar-refractivity contribution in [3.63, 3.8) is 0 Å². The van der Waals surface area contributed by atoms with Gasteiger partial charge in [0.2, 0.25) is 0 Å². The number of aliphatic carboxylic acids is 1. The molecule has 1 aliphatic carbocycles. The fourth-order valence-corrected chi connectivity index (χ4v) is 4.83. The van der Waals surface area contributed by atoms with Gasteiger partial charge in [-0.1, -0.05) is 42.5 Å². The van der Waals surface area contributed by atoms with E-state index in [4.69, 9.17) is 4.74 Å². The van der Waals surface area contributed by atoms with Crippen LogP contribution in [0.25, 0.3) is 0 Å². The molecule has 1 N–H and O–H groups in total. The van der Waals surface area contributed by atoms with Gasteiger partial charge in [0.15, 0.2) is 0 Å². The molecule has 1 aliphatic heterocycles. The molecule has 1 fully saturated rings. The van der Waals surface area contributed by atoms with Crippen LogP contribution in [-0.2, 0) is 17.8 Å². The zero-order valence-electron chi connectivity index (χ0n) is 19.7. The standard InChI is InChI=1S/C28H30N2O3.Na/c31-28(32)26-18-25(26)20-11-13-22(14-12-20)29-19-21-6-4-10-27-24(21)9-5-15-30(27)16-17-33-23-7-2-1-3-8-23;/h1-4,6-8,10-14,25-26,29H,5,9,15-19H2,(H,31,32);/q;+1/p-1/t25-,26+;/m0./s1. The number of rotatable bonds is 9. The van der Waals surface area contributed by atoms with Gasteiger partial charge in [-0.15, -0.1) is 0 Å². The number of hydrogen-bond donors (Lipinski definition) is 1. The Balaban J connectivity index is 0.00000274. The number of nitrogens with zero attached hydrogens (tertiary/aromatic N) is 1. The summed E-state index contributed by atoms with van der Waals surface area (Å²) < 4.78 is 5.92. The number of anilines is 2. The summed E-state index contributed by atoms with van der Waals surface area (Å²) in [7, 11) is 0. The van der Waals surface area contributed by atoms with Gasteiger partial charge in [0, 0.05) is 36.4 Å². The number of carboxylic acid groups (broad SMARTS) is 1. The number of ether oxygens (including phenoxy) is 1. The number of carbonyl (C=O) groups excluding carboxylic acids is 1. The third-order valence-electron chi connectivity index (χ3n) is 6.73. The van der Waals surface area contributed by atoms with Crippen molar-refractivity contribution >= 4 is 17.3 Å². The third-order valence-corrected chi connectivity index (χ3v) is 6.73. The molecule has 0 spiro atoms. The van der Waals surface area contributed by atoms with Crippen LogP contribution in [0.4, 0.5) is 11.4 Å². The zero-order valence-corrected chi connectivity index (χ0v) is 21.7. The monoisotopic (exact) mass is 464 g/mol. The van der Waals surface area contributed by atoms with Crippen molar-refractivity contribution in [2.75, 3.05) is 29.9 Å².